The molecule has 1 heterocycles. The van der Waals surface area contributed by atoms with Crippen LogP contribution < -0.4 is 10.6 Å². The fraction of sp³-hybridized carbons (Fsp3) is 0.300. The average Bonchev–Trinajstić information content (AvgIpc) is 2.95. The second-order valence-electron chi connectivity index (χ2n) is 7.10. The molecule has 2 aromatic rings. The molecule has 0 unspecified atom stereocenters. The molecule has 6 nitrogen and oxygen atoms in total. The first-order valence-electron chi connectivity index (χ1n) is 8.43. The van der Waals surface area contributed by atoms with Crippen LogP contribution in [-0.4, -0.2) is 24.1 Å². The van der Waals surface area contributed by atoms with Crippen molar-refractivity contribution < 1.29 is 14.3 Å². The second-order valence-corrected chi connectivity index (χ2v) is 8.53. The highest BCUT2D eigenvalue weighted by Crippen LogP contribution is 2.32. The number of benzene rings is 1. The van der Waals surface area contributed by atoms with Crippen LogP contribution in [-0.2, 0) is 10.2 Å². The van der Waals surface area contributed by atoms with Crippen LogP contribution >= 0.6 is 23.6 Å². The lowest BCUT2D eigenvalue weighted by Gasteiger charge is -2.19. The van der Waals surface area contributed by atoms with Crippen LogP contribution in [0.2, 0.25) is 0 Å². The minimum absolute atomic E-state index is 0.00602. The number of hydrogen-bond donors (Lipinski definition) is 2. The van der Waals surface area contributed by atoms with E-state index in [9.17, 15) is 14.9 Å². The molecule has 0 aliphatic heterocycles. The highest BCUT2D eigenvalue weighted by atomic mass is 32.1. The largest absolute Gasteiger partial charge is 0.465 e. The van der Waals surface area contributed by atoms with Crippen LogP contribution in [0.25, 0.3) is 0 Å². The average molecular weight is 416 g/mol. The molecule has 8 heteroatoms. The smallest absolute Gasteiger partial charge is 0.348 e. The zero-order chi connectivity index (χ0) is 21.1. The summed E-state index contributed by atoms with van der Waals surface area (Å²) < 4.78 is 4.72. The summed E-state index contributed by atoms with van der Waals surface area (Å²) in [6, 6.07) is 9.34. The van der Waals surface area contributed by atoms with Gasteiger partial charge in [0.05, 0.1) is 12.7 Å². The molecule has 0 bridgehead atoms. The molecule has 0 saturated heterocycles. The number of ether oxygens (including phenoxy) is 1. The SMILES string of the molecule is COC(=O)c1sc(NC(=S)NC(=O)c2ccc(C(C)(C)C)cc2)c(C#N)c1C. The number of carbonyl (C=O) groups is 2. The Morgan fingerprint density at radius 3 is 2.32 bits per heavy atom. The maximum atomic E-state index is 12.4. The highest BCUT2D eigenvalue weighted by molar-refractivity contribution is 7.80. The van der Waals surface area contributed by atoms with Gasteiger partial charge in [0.15, 0.2) is 5.11 Å². The summed E-state index contributed by atoms with van der Waals surface area (Å²) in [4.78, 5) is 24.5. The van der Waals surface area contributed by atoms with Gasteiger partial charge in [0.25, 0.3) is 5.91 Å². The highest BCUT2D eigenvalue weighted by Gasteiger charge is 2.21. The number of hydrogen-bond acceptors (Lipinski definition) is 6. The summed E-state index contributed by atoms with van der Waals surface area (Å²) in [6.07, 6.45) is 0. The summed E-state index contributed by atoms with van der Waals surface area (Å²) in [6.45, 7) is 7.95. The van der Waals surface area contributed by atoms with E-state index >= 15 is 0 Å². The van der Waals surface area contributed by atoms with E-state index in [1.54, 1.807) is 19.1 Å². The number of nitrogens with one attached hydrogen (secondary N) is 2. The van der Waals surface area contributed by atoms with E-state index in [0.717, 1.165) is 16.9 Å². The van der Waals surface area contributed by atoms with Crippen LogP contribution in [0.3, 0.4) is 0 Å². The summed E-state index contributed by atoms with van der Waals surface area (Å²) in [7, 11) is 1.27. The molecule has 0 fully saturated rings. The fourth-order valence-corrected chi connectivity index (χ4v) is 3.79. The number of thiophene rings is 1. The first-order chi connectivity index (χ1) is 13.1. The molecule has 146 valence electrons. The van der Waals surface area contributed by atoms with E-state index in [0.29, 0.717) is 21.0 Å². The zero-order valence-electron chi connectivity index (χ0n) is 16.3. The van der Waals surface area contributed by atoms with Gasteiger partial charge in [-0.1, -0.05) is 32.9 Å². The number of amides is 1. The minimum Gasteiger partial charge on any atom is -0.465 e. The van der Waals surface area contributed by atoms with Gasteiger partial charge in [-0.25, -0.2) is 4.79 Å². The Balaban J connectivity index is 2.13. The molecule has 1 amide bonds. The number of anilines is 1. The molecular formula is C20H21N3O3S2. The maximum absolute atomic E-state index is 12.4. The zero-order valence-corrected chi connectivity index (χ0v) is 17.9. The van der Waals surface area contributed by atoms with Gasteiger partial charge in [-0.3, -0.25) is 10.1 Å². The predicted octanol–water partition coefficient (Wildman–Crippen LogP) is 4.14. The Hall–Kier alpha value is -2.76. The van der Waals surface area contributed by atoms with Crippen LogP contribution in [0.15, 0.2) is 24.3 Å². The van der Waals surface area contributed by atoms with E-state index in [4.69, 9.17) is 17.0 Å². The van der Waals surface area contributed by atoms with Crippen LogP contribution in [0.1, 0.15) is 57.5 Å². The van der Waals surface area contributed by atoms with Crippen molar-refractivity contribution in [2.45, 2.75) is 33.1 Å². The van der Waals surface area contributed by atoms with E-state index in [1.165, 1.54) is 7.11 Å². The Kier molecular flexibility index (Phi) is 6.54. The predicted molar refractivity (Wildman–Crippen MR) is 114 cm³/mol. The monoisotopic (exact) mass is 415 g/mol. The summed E-state index contributed by atoms with van der Waals surface area (Å²) in [5.41, 5.74) is 2.38. The van der Waals surface area contributed by atoms with Gasteiger partial charge >= 0.3 is 5.97 Å². The number of nitriles is 1. The lowest BCUT2D eigenvalue weighted by atomic mass is 9.87. The van der Waals surface area contributed by atoms with Crippen molar-refractivity contribution in [1.29, 1.82) is 5.26 Å². The molecule has 28 heavy (non-hydrogen) atoms. The van der Waals surface area contributed by atoms with Crippen LogP contribution in [0.5, 0.6) is 0 Å². The molecular weight excluding hydrogens is 394 g/mol. The minimum atomic E-state index is -0.527. The van der Waals surface area contributed by atoms with Gasteiger partial charge in [0, 0.05) is 5.56 Å². The van der Waals surface area contributed by atoms with Crippen molar-refractivity contribution in [3.63, 3.8) is 0 Å². The number of rotatable bonds is 3. The fourth-order valence-electron chi connectivity index (χ4n) is 2.45. The standard InChI is InChI=1S/C20H21N3O3S2/c1-11-14(10-21)17(28-15(11)18(25)26-5)23-19(27)22-16(24)12-6-8-13(9-7-12)20(2,3)4/h6-9H,1-5H3,(H2,22,23,24,27). The van der Waals surface area contributed by atoms with E-state index < -0.39 is 5.97 Å². The Bertz CT molecular complexity index is 964. The normalized spacial score (nSPS) is 10.7. The second kappa shape index (κ2) is 8.50. The molecule has 2 N–H and O–H groups in total. The van der Waals surface area contributed by atoms with Gasteiger partial charge in [-0.15, -0.1) is 11.3 Å². The lowest BCUT2D eigenvalue weighted by molar-refractivity contribution is 0.0605. The molecule has 0 atom stereocenters. The summed E-state index contributed by atoms with van der Waals surface area (Å²) >= 11 is 6.24. The Morgan fingerprint density at radius 2 is 1.82 bits per heavy atom. The third-order valence-corrected chi connectivity index (χ3v) is 5.49. The number of nitrogens with zero attached hydrogens (tertiary/aromatic N) is 1. The Labute approximate surface area is 173 Å². The van der Waals surface area contributed by atoms with Crippen molar-refractivity contribution >= 4 is 45.5 Å². The first-order valence-corrected chi connectivity index (χ1v) is 9.65. The number of carbonyl (C=O) groups excluding carboxylic acids is 2. The van der Waals surface area contributed by atoms with Crippen molar-refractivity contribution in [2.24, 2.45) is 0 Å². The van der Waals surface area contributed by atoms with Crippen molar-refractivity contribution in [2.75, 3.05) is 12.4 Å². The Morgan fingerprint density at radius 1 is 1.21 bits per heavy atom. The number of methoxy groups -OCH3 is 1. The van der Waals surface area contributed by atoms with Crippen molar-refractivity contribution in [1.82, 2.24) is 5.32 Å². The van der Waals surface area contributed by atoms with Crippen molar-refractivity contribution in [3.8, 4) is 6.07 Å². The van der Waals surface area contributed by atoms with Gasteiger partial charge < -0.3 is 10.1 Å². The molecule has 2 rings (SSSR count). The van der Waals surface area contributed by atoms with Crippen molar-refractivity contribution in [3.05, 3.63) is 51.4 Å². The molecule has 1 aromatic heterocycles. The number of thiocarbonyl (C=S) groups is 1. The third-order valence-electron chi connectivity index (χ3n) is 4.10. The van der Waals surface area contributed by atoms with Gasteiger partial charge in [-0.05, 0) is 47.8 Å². The molecule has 0 saturated carbocycles. The number of esters is 1. The van der Waals surface area contributed by atoms with Gasteiger partial charge in [-0.2, -0.15) is 5.26 Å². The first kappa shape index (κ1) is 21.5. The van der Waals surface area contributed by atoms with Gasteiger partial charge in [0.1, 0.15) is 15.9 Å². The van der Waals surface area contributed by atoms with Gasteiger partial charge in [0.2, 0.25) is 0 Å². The van der Waals surface area contributed by atoms with E-state index in [2.05, 4.69) is 31.4 Å². The summed E-state index contributed by atoms with van der Waals surface area (Å²) in [5, 5.41) is 15.2. The molecule has 0 aliphatic rings. The molecule has 0 spiro atoms. The maximum Gasteiger partial charge on any atom is 0.348 e. The van der Waals surface area contributed by atoms with Crippen LogP contribution in [0.4, 0.5) is 5.00 Å². The van der Waals surface area contributed by atoms with E-state index in [-0.39, 0.29) is 22.0 Å². The van der Waals surface area contributed by atoms with Crippen LogP contribution in [0, 0.1) is 18.3 Å². The topological polar surface area (TPSA) is 91.2 Å². The molecule has 0 radical (unpaired) electrons. The third kappa shape index (κ3) is 4.74. The van der Waals surface area contributed by atoms with E-state index in [1.807, 2.05) is 18.2 Å². The summed E-state index contributed by atoms with van der Waals surface area (Å²) in [5.74, 6) is -0.890. The lowest BCUT2D eigenvalue weighted by Crippen LogP contribution is -2.34. The quantitative estimate of drug-likeness (QED) is 0.578. The molecule has 1 aromatic carbocycles. The molecule has 0 aliphatic carbocycles.